The number of hydrogen-bond acceptors (Lipinski definition) is 7. The molecular weight excluding hydrogens is 500 g/mol. The summed E-state index contributed by atoms with van der Waals surface area (Å²) in [4.78, 5) is 29.0. The van der Waals surface area contributed by atoms with Gasteiger partial charge in [0.05, 0.1) is 24.2 Å². The number of carbonyl (C=O) groups is 1. The topological polar surface area (TPSA) is 85.6 Å². The highest BCUT2D eigenvalue weighted by Crippen LogP contribution is 2.47. The first kappa shape index (κ1) is 26.8. The Balaban J connectivity index is 1.34. The molecule has 0 radical (unpaired) electrons. The molecule has 0 N–H and O–H groups in total. The Morgan fingerprint density at radius 1 is 1.18 bits per heavy atom. The minimum atomic E-state index is -0.202. The summed E-state index contributed by atoms with van der Waals surface area (Å²) in [5.41, 5.74) is 5.39. The zero-order chi connectivity index (χ0) is 27.7. The smallest absolute Gasteiger partial charge is 0.318 e. The number of amides is 1. The minimum Gasteiger partial charge on any atom is -0.462 e. The van der Waals surface area contributed by atoms with Gasteiger partial charge in [-0.15, -0.1) is 0 Å². The van der Waals surface area contributed by atoms with E-state index >= 15 is 0 Å². The van der Waals surface area contributed by atoms with E-state index in [2.05, 4.69) is 53.8 Å². The highest BCUT2D eigenvalue weighted by molar-refractivity contribution is 5.87. The van der Waals surface area contributed by atoms with Crippen molar-refractivity contribution in [3.63, 3.8) is 0 Å². The van der Waals surface area contributed by atoms with Crippen LogP contribution >= 0.6 is 0 Å². The van der Waals surface area contributed by atoms with E-state index in [1.165, 1.54) is 42.0 Å². The lowest BCUT2D eigenvalue weighted by Gasteiger charge is -2.44. The van der Waals surface area contributed by atoms with Crippen LogP contribution in [-0.4, -0.2) is 77.6 Å². The minimum absolute atomic E-state index is 0.106. The summed E-state index contributed by atoms with van der Waals surface area (Å²) in [6, 6.07) is 11.9. The van der Waals surface area contributed by atoms with Crippen LogP contribution in [0.5, 0.6) is 6.01 Å². The Hall–Kier alpha value is -3.44. The molecule has 1 amide bonds. The van der Waals surface area contributed by atoms with Crippen molar-refractivity contribution >= 4 is 11.7 Å². The fourth-order valence-corrected chi connectivity index (χ4v) is 7.54. The first-order valence-electron chi connectivity index (χ1n) is 14.9. The standard InChI is InChI=1S/C32H40N6O2/c1-3-29(39)38-19-18-37(21-24(38)13-16-33)30-26-12-15-32(14-6-9-23-8-4-5-11-27(23)32)20-28(26)34-31(35-30)40-22-25-10-7-17-36(25)2/h3-5,8,11,24-25H,1,6-7,9-10,12-15,17-22H2,2H3/t24-,25+,32?/m1/s1. The normalized spacial score (nSPS) is 26.2. The number of nitrogens with zero attached hydrogens (tertiary/aromatic N) is 6. The molecule has 3 atom stereocenters. The molecule has 3 heterocycles. The zero-order valence-corrected chi connectivity index (χ0v) is 23.6. The Bertz CT molecular complexity index is 1320. The van der Waals surface area contributed by atoms with Gasteiger partial charge in [-0.1, -0.05) is 30.8 Å². The molecule has 1 unspecified atom stereocenters. The van der Waals surface area contributed by atoms with Gasteiger partial charge in [-0.2, -0.15) is 15.2 Å². The van der Waals surface area contributed by atoms with Crippen molar-refractivity contribution in [3.8, 4) is 12.1 Å². The average molecular weight is 541 g/mol. The Labute approximate surface area is 237 Å². The lowest BCUT2D eigenvalue weighted by atomic mass is 9.62. The summed E-state index contributed by atoms with van der Waals surface area (Å²) >= 11 is 0. The number of rotatable bonds is 6. The SMILES string of the molecule is C=CC(=O)N1CCN(c2nc(OC[C@@H]3CCCN3C)nc3c2CCC2(CCCc4ccccc42)C3)C[C@H]1CC#N. The number of benzene rings is 1. The summed E-state index contributed by atoms with van der Waals surface area (Å²) in [6.07, 6.45) is 10.4. The number of ether oxygens (including phenoxy) is 1. The van der Waals surface area contributed by atoms with Crippen molar-refractivity contribution in [3.05, 3.63) is 59.3 Å². The van der Waals surface area contributed by atoms with Crippen molar-refractivity contribution in [2.45, 2.75) is 75.3 Å². The van der Waals surface area contributed by atoms with Crippen molar-refractivity contribution in [2.75, 3.05) is 44.7 Å². The quantitative estimate of drug-likeness (QED) is 0.515. The van der Waals surface area contributed by atoms with Crippen molar-refractivity contribution in [1.29, 1.82) is 5.26 Å². The van der Waals surface area contributed by atoms with E-state index in [4.69, 9.17) is 14.7 Å². The highest BCUT2D eigenvalue weighted by Gasteiger charge is 2.42. The van der Waals surface area contributed by atoms with E-state index in [1.807, 2.05) is 0 Å². The molecule has 1 spiro atoms. The first-order valence-corrected chi connectivity index (χ1v) is 14.9. The lowest BCUT2D eigenvalue weighted by molar-refractivity contribution is -0.128. The van der Waals surface area contributed by atoms with Gasteiger partial charge < -0.3 is 19.4 Å². The molecule has 4 aliphatic rings. The first-order chi connectivity index (χ1) is 19.5. The number of likely N-dealkylation sites (tertiary alicyclic amines) is 1. The van der Waals surface area contributed by atoms with Crippen molar-refractivity contribution in [1.82, 2.24) is 19.8 Å². The van der Waals surface area contributed by atoms with Crippen LogP contribution in [0.1, 0.15) is 60.9 Å². The number of aromatic nitrogens is 2. The van der Waals surface area contributed by atoms with Gasteiger partial charge in [0.2, 0.25) is 5.91 Å². The predicted molar refractivity (Wildman–Crippen MR) is 154 cm³/mol. The van der Waals surface area contributed by atoms with Gasteiger partial charge in [0.15, 0.2) is 0 Å². The van der Waals surface area contributed by atoms with Gasteiger partial charge >= 0.3 is 6.01 Å². The summed E-state index contributed by atoms with van der Waals surface area (Å²) in [7, 11) is 2.16. The monoisotopic (exact) mass is 540 g/mol. The molecule has 2 fully saturated rings. The Morgan fingerprint density at radius 2 is 2.05 bits per heavy atom. The third kappa shape index (κ3) is 4.96. The second kappa shape index (κ2) is 11.2. The third-order valence-corrected chi connectivity index (χ3v) is 9.74. The summed E-state index contributed by atoms with van der Waals surface area (Å²) in [6.45, 7) is 7.11. The molecule has 1 aromatic carbocycles. The molecule has 2 aromatic rings. The summed E-state index contributed by atoms with van der Waals surface area (Å²) in [5, 5.41) is 9.52. The maximum absolute atomic E-state index is 12.5. The number of nitriles is 1. The number of aryl methyl sites for hydroxylation is 1. The fourth-order valence-electron chi connectivity index (χ4n) is 7.54. The van der Waals surface area contributed by atoms with Crippen molar-refractivity contribution in [2.24, 2.45) is 0 Å². The molecule has 6 rings (SSSR count). The number of likely N-dealkylation sites (N-methyl/N-ethyl adjacent to an activating group) is 1. The maximum Gasteiger partial charge on any atom is 0.318 e. The fraction of sp³-hybridized carbons (Fsp3) is 0.562. The number of piperazine rings is 1. The van der Waals surface area contributed by atoms with Crippen molar-refractivity contribution < 1.29 is 9.53 Å². The van der Waals surface area contributed by atoms with E-state index in [9.17, 15) is 10.1 Å². The maximum atomic E-state index is 12.5. The van der Waals surface area contributed by atoms with Gasteiger partial charge in [-0.3, -0.25) is 4.79 Å². The van der Waals surface area contributed by atoms with Crippen LogP contribution in [-0.2, 0) is 29.5 Å². The zero-order valence-electron chi connectivity index (χ0n) is 23.6. The molecule has 0 saturated carbocycles. The number of fused-ring (bicyclic) bond motifs is 3. The largest absolute Gasteiger partial charge is 0.462 e. The molecule has 210 valence electrons. The molecular formula is C32H40N6O2. The van der Waals surface area contributed by atoms with Crippen LogP contribution in [0, 0.1) is 11.3 Å². The Morgan fingerprint density at radius 3 is 2.85 bits per heavy atom. The van der Waals surface area contributed by atoms with E-state index in [1.54, 1.807) is 4.90 Å². The summed E-state index contributed by atoms with van der Waals surface area (Å²) < 4.78 is 6.33. The average Bonchev–Trinajstić information content (AvgIpc) is 3.40. The summed E-state index contributed by atoms with van der Waals surface area (Å²) in [5.74, 6) is 0.805. The van der Waals surface area contributed by atoms with E-state index in [0.29, 0.717) is 38.3 Å². The third-order valence-electron chi connectivity index (χ3n) is 9.74. The predicted octanol–water partition coefficient (Wildman–Crippen LogP) is 3.83. The van der Waals surface area contributed by atoms with Crippen LogP contribution in [0.3, 0.4) is 0 Å². The number of carbonyl (C=O) groups excluding carboxylic acids is 1. The molecule has 8 heteroatoms. The molecule has 8 nitrogen and oxygen atoms in total. The van der Waals surface area contributed by atoms with Gasteiger partial charge in [0.1, 0.15) is 12.4 Å². The molecule has 2 saturated heterocycles. The molecule has 2 aliphatic carbocycles. The van der Waals surface area contributed by atoms with Gasteiger partial charge in [-0.25, -0.2) is 0 Å². The lowest BCUT2D eigenvalue weighted by Crippen LogP contribution is -2.55. The Kier molecular flexibility index (Phi) is 7.50. The molecule has 0 bridgehead atoms. The molecule has 1 aromatic heterocycles. The van der Waals surface area contributed by atoms with Gasteiger partial charge in [0.25, 0.3) is 0 Å². The van der Waals surface area contributed by atoms with Gasteiger partial charge in [0, 0.05) is 36.7 Å². The van der Waals surface area contributed by atoms with Crippen LogP contribution < -0.4 is 9.64 Å². The number of hydrogen-bond donors (Lipinski definition) is 0. The van der Waals surface area contributed by atoms with Crippen LogP contribution in [0.2, 0.25) is 0 Å². The van der Waals surface area contributed by atoms with Crippen LogP contribution in [0.15, 0.2) is 36.9 Å². The second-order valence-electron chi connectivity index (χ2n) is 12.0. The van der Waals surface area contributed by atoms with E-state index < -0.39 is 0 Å². The van der Waals surface area contributed by atoms with Crippen LogP contribution in [0.25, 0.3) is 0 Å². The van der Waals surface area contributed by atoms with E-state index in [-0.39, 0.29) is 23.8 Å². The highest BCUT2D eigenvalue weighted by atomic mass is 16.5. The second-order valence-corrected chi connectivity index (χ2v) is 12.0. The molecule has 2 aliphatic heterocycles. The van der Waals surface area contributed by atoms with E-state index in [0.717, 1.165) is 50.2 Å². The van der Waals surface area contributed by atoms with Gasteiger partial charge in [-0.05, 0) is 82.2 Å². The number of anilines is 1. The molecule has 40 heavy (non-hydrogen) atoms. The van der Waals surface area contributed by atoms with Crippen LogP contribution in [0.4, 0.5) is 5.82 Å².